The Bertz CT molecular complexity index is 721. The highest BCUT2D eigenvalue weighted by Gasteiger charge is 2.45. The van der Waals surface area contributed by atoms with Gasteiger partial charge in [0, 0.05) is 12.8 Å². The third-order valence-electron chi connectivity index (χ3n) is 9.73. The number of hydrogen-bond acceptors (Lipinski definition) is 7. The van der Waals surface area contributed by atoms with E-state index in [4.69, 9.17) is 38.6 Å². The van der Waals surface area contributed by atoms with Gasteiger partial charge < -0.3 is 24.4 Å². The molecule has 2 N–H and O–H groups in total. The topological polar surface area (TPSA) is 68.2 Å². The Kier molecular flexibility index (Phi) is 31.2. The van der Waals surface area contributed by atoms with Crippen LogP contribution in [0.4, 0.5) is 0 Å². The minimum atomic E-state index is -1.04. The molecule has 1 rings (SSSR count). The van der Waals surface area contributed by atoms with Gasteiger partial charge in [-0.25, -0.2) is 0 Å². The summed E-state index contributed by atoms with van der Waals surface area (Å²) in [5.41, 5.74) is 0. The number of thiocarbonyl (C=S) groups is 2. The van der Waals surface area contributed by atoms with Crippen molar-refractivity contribution in [2.45, 2.75) is 231 Å². The molecule has 0 aromatic carbocycles. The molecule has 1 heterocycles. The Labute approximate surface area is 302 Å². The van der Waals surface area contributed by atoms with E-state index in [-0.39, 0.29) is 6.61 Å². The summed E-state index contributed by atoms with van der Waals surface area (Å²) in [5.74, 6) is 0. The molecular weight excluding hydrogens is 625 g/mol. The molecule has 0 aromatic heterocycles. The largest absolute Gasteiger partial charge is 0.477 e. The fraction of sp³-hybridized carbons (Fsp3) is 0.950. The van der Waals surface area contributed by atoms with Crippen LogP contribution in [0.3, 0.4) is 0 Å². The Morgan fingerprint density at radius 1 is 0.553 bits per heavy atom. The fourth-order valence-corrected chi connectivity index (χ4v) is 7.17. The van der Waals surface area contributed by atoms with Gasteiger partial charge in [-0.1, -0.05) is 181 Å². The van der Waals surface area contributed by atoms with E-state index in [9.17, 15) is 10.2 Å². The molecular formula is C40H76O5S2. The fourth-order valence-electron chi connectivity index (χ4n) is 6.65. The van der Waals surface area contributed by atoms with Crippen molar-refractivity contribution in [2.24, 2.45) is 0 Å². The van der Waals surface area contributed by atoms with E-state index in [2.05, 4.69) is 13.8 Å². The van der Waals surface area contributed by atoms with Crippen LogP contribution in [-0.4, -0.2) is 57.9 Å². The standard InChI is InChI=1S/C40H76O5S2/c1-3-5-7-9-11-13-15-17-19-21-23-25-27-29-31-37(46)44-36-34-43-39(35(42)33-41)40(36)45-38(47)32-30-28-26-24-22-20-18-16-14-12-10-8-6-4-2/h35-36,39-42H,3-34H2,1-2H3/t35-,36+,39-,40-/m1/s1. The molecule has 0 aliphatic carbocycles. The molecule has 1 saturated heterocycles. The van der Waals surface area contributed by atoms with Crippen LogP contribution in [0.25, 0.3) is 0 Å². The van der Waals surface area contributed by atoms with Gasteiger partial charge in [-0.2, -0.15) is 0 Å². The molecule has 7 heteroatoms. The highest BCUT2D eigenvalue weighted by atomic mass is 32.1. The Morgan fingerprint density at radius 2 is 0.872 bits per heavy atom. The molecule has 0 bridgehead atoms. The maximum absolute atomic E-state index is 10.4. The van der Waals surface area contributed by atoms with E-state index in [1.807, 2.05) is 0 Å². The lowest BCUT2D eigenvalue weighted by atomic mass is 10.0. The van der Waals surface area contributed by atoms with Crippen molar-refractivity contribution in [3.05, 3.63) is 0 Å². The van der Waals surface area contributed by atoms with E-state index in [1.54, 1.807) is 0 Å². The number of rotatable bonds is 34. The molecule has 1 fully saturated rings. The molecule has 5 nitrogen and oxygen atoms in total. The molecule has 47 heavy (non-hydrogen) atoms. The number of ether oxygens (including phenoxy) is 3. The second-order valence-electron chi connectivity index (χ2n) is 14.2. The molecule has 1 aliphatic rings. The summed E-state index contributed by atoms with van der Waals surface area (Å²) in [6, 6.07) is 0. The van der Waals surface area contributed by atoms with Crippen LogP contribution in [0.2, 0.25) is 0 Å². The van der Waals surface area contributed by atoms with Crippen molar-refractivity contribution >= 4 is 34.5 Å². The predicted molar refractivity (Wildman–Crippen MR) is 208 cm³/mol. The summed E-state index contributed by atoms with van der Waals surface area (Å²) in [4.78, 5) is 0. The summed E-state index contributed by atoms with van der Waals surface area (Å²) in [7, 11) is 0. The van der Waals surface area contributed by atoms with E-state index in [0.29, 0.717) is 16.5 Å². The number of hydrogen-bond donors (Lipinski definition) is 2. The summed E-state index contributed by atoms with van der Waals surface area (Å²) < 4.78 is 18.1. The lowest BCUT2D eigenvalue weighted by molar-refractivity contribution is -0.0639. The Balaban J connectivity index is 2.15. The highest BCUT2D eigenvalue weighted by molar-refractivity contribution is 7.80. The van der Waals surface area contributed by atoms with Gasteiger partial charge in [0.05, 0.1) is 13.2 Å². The van der Waals surface area contributed by atoms with Crippen LogP contribution in [0.1, 0.15) is 206 Å². The van der Waals surface area contributed by atoms with Crippen molar-refractivity contribution in [2.75, 3.05) is 13.2 Å². The minimum Gasteiger partial charge on any atom is -0.477 e. The monoisotopic (exact) mass is 701 g/mol. The van der Waals surface area contributed by atoms with E-state index in [0.717, 1.165) is 32.1 Å². The first-order valence-corrected chi connectivity index (χ1v) is 21.1. The third kappa shape index (κ3) is 25.3. The summed E-state index contributed by atoms with van der Waals surface area (Å²) in [6.45, 7) is 4.43. The van der Waals surface area contributed by atoms with Gasteiger partial charge in [0.2, 0.25) is 0 Å². The average Bonchev–Trinajstić information content (AvgIpc) is 3.45. The van der Waals surface area contributed by atoms with Gasteiger partial charge in [0.25, 0.3) is 0 Å². The maximum atomic E-state index is 10.4. The van der Waals surface area contributed by atoms with E-state index in [1.165, 1.54) is 154 Å². The average molecular weight is 701 g/mol. The first-order valence-electron chi connectivity index (χ1n) is 20.3. The molecule has 4 atom stereocenters. The lowest BCUT2D eigenvalue weighted by Gasteiger charge is -2.27. The smallest absolute Gasteiger partial charge is 0.167 e. The quantitative estimate of drug-likeness (QED) is 0.0511. The maximum Gasteiger partial charge on any atom is 0.167 e. The molecule has 0 radical (unpaired) electrons. The number of aliphatic hydroxyl groups excluding tert-OH is 2. The molecule has 0 unspecified atom stereocenters. The summed E-state index contributed by atoms with van der Waals surface area (Å²) in [5, 5.41) is 21.0. The predicted octanol–water partition coefficient (Wildman–Crippen LogP) is 11.9. The SMILES string of the molecule is CCCCCCCCCCCCCCCCC(=S)O[C@H]1[C@@H]([C@H](O)CO)OC[C@@H]1OC(=S)CCCCCCCCCCCCCCCC. The van der Waals surface area contributed by atoms with Crippen LogP contribution in [0, 0.1) is 0 Å². The second-order valence-corrected chi connectivity index (χ2v) is 15.1. The molecule has 1 aliphatic heterocycles. The zero-order valence-corrected chi connectivity index (χ0v) is 32.5. The zero-order chi connectivity index (χ0) is 34.2. The molecule has 278 valence electrons. The first kappa shape index (κ1) is 44.7. The van der Waals surface area contributed by atoms with Gasteiger partial charge >= 0.3 is 0 Å². The molecule has 0 aromatic rings. The van der Waals surface area contributed by atoms with Gasteiger partial charge in [-0.05, 0) is 37.3 Å². The normalized spacial score (nSPS) is 18.4. The van der Waals surface area contributed by atoms with Gasteiger partial charge in [-0.15, -0.1) is 0 Å². The number of aliphatic hydroxyl groups is 2. The van der Waals surface area contributed by atoms with Crippen molar-refractivity contribution in [3.8, 4) is 0 Å². The number of unbranched alkanes of at least 4 members (excludes halogenated alkanes) is 26. The van der Waals surface area contributed by atoms with Crippen LogP contribution in [0.15, 0.2) is 0 Å². The van der Waals surface area contributed by atoms with Crippen LogP contribution in [-0.2, 0) is 14.2 Å². The van der Waals surface area contributed by atoms with Crippen LogP contribution in [0.5, 0.6) is 0 Å². The molecule has 0 saturated carbocycles. The van der Waals surface area contributed by atoms with E-state index >= 15 is 0 Å². The van der Waals surface area contributed by atoms with Gasteiger partial charge in [0.15, 0.2) is 22.3 Å². The summed E-state index contributed by atoms with van der Waals surface area (Å²) >= 11 is 11.2. The lowest BCUT2D eigenvalue weighted by Crippen LogP contribution is -2.44. The molecule has 0 amide bonds. The van der Waals surface area contributed by atoms with Gasteiger partial charge in [-0.3, -0.25) is 0 Å². The van der Waals surface area contributed by atoms with Crippen LogP contribution >= 0.6 is 24.4 Å². The van der Waals surface area contributed by atoms with Gasteiger partial charge in [0.1, 0.15) is 12.2 Å². The minimum absolute atomic E-state index is 0.271. The zero-order valence-electron chi connectivity index (χ0n) is 30.9. The van der Waals surface area contributed by atoms with Crippen molar-refractivity contribution < 1.29 is 24.4 Å². The Hall–Kier alpha value is -0.340. The summed E-state index contributed by atoms with van der Waals surface area (Å²) in [6.07, 6.45) is 35.8. The van der Waals surface area contributed by atoms with Crippen molar-refractivity contribution in [1.82, 2.24) is 0 Å². The highest BCUT2D eigenvalue weighted by Crippen LogP contribution is 2.26. The van der Waals surface area contributed by atoms with Crippen molar-refractivity contribution in [3.63, 3.8) is 0 Å². The Morgan fingerprint density at radius 3 is 1.21 bits per heavy atom. The first-order chi connectivity index (χ1) is 23.0. The molecule has 0 spiro atoms. The van der Waals surface area contributed by atoms with Crippen molar-refractivity contribution in [1.29, 1.82) is 0 Å². The third-order valence-corrected chi connectivity index (χ3v) is 10.3. The van der Waals surface area contributed by atoms with Crippen LogP contribution < -0.4 is 0 Å². The van der Waals surface area contributed by atoms with E-state index < -0.39 is 31.0 Å². The second kappa shape index (κ2) is 32.8.